The second-order valence-corrected chi connectivity index (χ2v) is 11.6. The SMILES string of the molecule is CCOC(=O)Cc1csc(NC(=O)[C@]2(c3ccc(S(C)(=O)=O)cc3)C[C@H]2C2CCCC2)n1. The Balaban J connectivity index is 1.56. The highest BCUT2D eigenvalue weighted by molar-refractivity contribution is 7.90. The summed E-state index contributed by atoms with van der Waals surface area (Å²) in [5, 5.41) is 5.17. The first-order valence-corrected chi connectivity index (χ1v) is 13.7. The normalized spacial score (nSPS) is 23.1. The number of esters is 1. The van der Waals surface area contributed by atoms with E-state index in [-0.39, 0.29) is 29.1 Å². The van der Waals surface area contributed by atoms with Crippen LogP contribution in [0.2, 0.25) is 0 Å². The van der Waals surface area contributed by atoms with Crippen molar-refractivity contribution in [2.45, 2.75) is 55.8 Å². The summed E-state index contributed by atoms with van der Waals surface area (Å²) < 4.78 is 28.7. The van der Waals surface area contributed by atoms with Crippen molar-refractivity contribution in [2.75, 3.05) is 18.2 Å². The number of hydrogen-bond acceptors (Lipinski definition) is 7. The lowest BCUT2D eigenvalue weighted by molar-refractivity contribution is -0.142. The number of nitrogens with zero attached hydrogens (tertiary/aromatic N) is 1. The van der Waals surface area contributed by atoms with Crippen LogP contribution in [0.4, 0.5) is 5.13 Å². The van der Waals surface area contributed by atoms with Gasteiger partial charge in [-0.3, -0.25) is 9.59 Å². The predicted molar refractivity (Wildman–Crippen MR) is 122 cm³/mol. The van der Waals surface area contributed by atoms with Crippen LogP contribution in [-0.2, 0) is 36.0 Å². The van der Waals surface area contributed by atoms with Crippen LogP contribution in [-0.4, -0.2) is 38.1 Å². The van der Waals surface area contributed by atoms with Gasteiger partial charge in [-0.05, 0) is 42.9 Å². The molecule has 2 atom stereocenters. The molecule has 0 radical (unpaired) electrons. The summed E-state index contributed by atoms with van der Waals surface area (Å²) in [6.45, 7) is 2.07. The summed E-state index contributed by atoms with van der Waals surface area (Å²) in [6, 6.07) is 6.73. The Morgan fingerprint density at radius 3 is 2.53 bits per heavy atom. The monoisotopic (exact) mass is 476 g/mol. The van der Waals surface area contributed by atoms with Crippen LogP contribution in [0.3, 0.4) is 0 Å². The molecule has 0 unspecified atom stereocenters. The highest BCUT2D eigenvalue weighted by Gasteiger charge is 2.63. The molecule has 1 aromatic carbocycles. The number of aromatic nitrogens is 1. The summed E-state index contributed by atoms with van der Waals surface area (Å²) >= 11 is 1.29. The summed E-state index contributed by atoms with van der Waals surface area (Å²) in [5.41, 5.74) is 0.749. The van der Waals surface area contributed by atoms with E-state index >= 15 is 0 Å². The molecule has 1 aromatic heterocycles. The average molecular weight is 477 g/mol. The number of ether oxygens (including phenoxy) is 1. The molecule has 32 heavy (non-hydrogen) atoms. The highest BCUT2D eigenvalue weighted by atomic mass is 32.2. The zero-order chi connectivity index (χ0) is 22.9. The number of nitrogens with one attached hydrogen (secondary N) is 1. The minimum absolute atomic E-state index is 0.0724. The second kappa shape index (κ2) is 8.94. The van der Waals surface area contributed by atoms with Gasteiger partial charge in [0.15, 0.2) is 15.0 Å². The van der Waals surface area contributed by atoms with E-state index in [1.807, 2.05) is 0 Å². The molecule has 0 spiro atoms. The maximum atomic E-state index is 13.5. The molecule has 1 amide bonds. The fraction of sp³-hybridized carbons (Fsp3) is 0.522. The molecule has 2 fully saturated rings. The van der Waals surface area contributed by atoms with Gasteiger partial charge in [0.25, 0.3) is 0 Å². The van der Waals surface area contributed by atoms with Gasteiger partial charge in [-0.1, -0.05) is 37.8 Å². The Morgan fingerprint density at radius 2 is 1.91 bits per heavy atom. The quantitative estimate of drug-likeness (QED) is 0.582. The number of sulfone groups is 1. The van der Waals surface area contributed by atoms with Crippen molar-refractivity contribution in [3.8, 4) is 0 Å². The number of hydrogen-bond donors (Lipinski definition) is 1. The molecule has 2 saturated carbocycles. The smallest absolute Gasteiger partial charge is 0.311 e. The summed E-state index contributed by atoms with van der Waals surface area (Å²) in [6.07, 6.45) is 6.64. The maximum absolute atomic E-state index is 13.5. The molecule has 2 aromatic rings. The van der Waals surface area contributed by atoms with Gasteiger partial charge < -0.3 is 10.1 Å². The van der Waals surface area contributed by atoms with Gasteiger partial charge in [0.05, 0.1) is 29.0 Å². The Bertz CT molecular complexity index is 1100. The number of carbonyl (C=O) groups is 2. The number of amides is 1. The highest BCUT2D eigenvalue weighted by Crippen LogP contribution is 2.61. The summed E-state index contributed by atoms with van der Waals surface area (Å²) in [7, 11) is -3.30. The predicted octanol–water partition coefficient (Wildman–Crippen LogP) is 3.74. The van der Waals surface area contributed by atoms with Crippen LogP contribution in [0.1, 0.15) is 50.3 Å². The van der Waals surface area contributed by atoms with E-state index in [1.54, 1.807) is 36.6 Å². The lowest BCUT2D eigenvalue weighted by Crippen LogP contribution is -2.31. The molecule has 9 heteroatoms. The Kier molecular flexibility index (Phi) is 6.40. The Hall–Kier alpha value is -2.26. The van der Waals surface area contributed by atoms with Gasteiger partial charge in [0.2, 0.25) is 5.91 Å². The van der Waals surface area contributed by atoms with Crippen molar-refractivity contribution in [3.63, 3.8) is 0 Å². The first-order valence-electron chi connectivity index (χ1n) is 11.0. The maximum Gasteiger partial charge on any atom is 0.311 e. The van der Waals surface area contributed by atoms with E-state index in [9.17, 15) is 18.0 Å². The number of benzene rings is 1. The zero-order valence-corrected chi connectivity index (χ0v) is 19.9. The fourth-order valence-electron chi connectivity index (χ4n) is 4.95. The molecule has 1 heterocycles. The molecule has 1 N–H and O–H groups in total. The van der Waals surface area contributed by atoms with E-state index in [0.29, 0.717) is 23.4 Å². The fourth-order valence-corrected chi connectivity index (χ4v) is 6.29. The number of rotatable bonds is 8. The standard InChI is InChI=1S/C23H28N2O5S2/c1-3-30-20(26)12-17-14-31-22(24-17)25-21(27)23(13-19(23)15-6-4-5-7-15)16-8-10-18(11-9-16)32(2,28)29/h8-11,14-15,19H,3-7,12-13H2,1-2H3,(H,24,25,27)/t19-,23-/m0/s1. The Morgan fingerprint density at radius 1 is 1.22 bits per heavy atom. The van der Waals surface area contributed by atoms with Crippen LogP contribution in [0, 0.1) is 11.8 Å². The first-order chi connectivity index (χ1) is 15.2. The Labute approximate surface area is 192 Å². The molecule has 4 rings (SSSR count). The minimum atomic E-state index is -3.30. The van der Waals surface area contributed by atoms with E-state index < -0.39 is 15.3 Å². The topological polar surface area (TPSA) is 102 Å². The van der Waals surface area contributed by atoms with Gasteiger partial charge in [0, 0.05) is 11.6 Å². The van der Waals surface area contributed by atoms with Gasteiger partial charge in [-0.15, -0.1) is 11.3 Å². The molecular formula is C23H28N2O5S2. The van der Waals surface area contributed by atoms with E-state index in [1.165, 1.54) is 30.4 Å². The van der Waals surface area contributed by atoms with Crippen molar-refractivity contribution < 1.29 is 22.7 Å². The number of thiazole rings is 1. The molecular weight excluding hydrogens is 448 g/mol. The van der Waals surface area contributed by atoms with Crippen molar-refractivity contribution in [2.24, 2.45) is 11.8 Å². The summed E-state index contributed by atoms with van der Waals surface area (Å²) in [4.78, 5) is 29.9. The molecule has 0 aliphatic heterocycles. The third kappa shape index (κ3) is 4.59. The third-order valence-corrected chi connectivity index (χ3v) is 8.52. The van der Waals surface area contributed by atoms with Gasteiger partial charge >= 0.3 is 5.97 Å². The van der Waals surface area contributed by atoms with Crippen LogP contribution in [0.5, 0.6) is 0 Å². The lowest BCUT2D eigenvalue weighted by Gasteiger charge is -2.20. The van der Waals surface area contributed by atoms with Crippen LogP contribution < -0.4 is 5.32 Å². The molecule has 0 saturated heterocycles. The van der Waals surface area contributed by atoms with E-state index in [2.05, 4.69) is 10.3 Å². The number of anilines is 1. The molecule has 2 aliphatic rings. The molecule has 172 valence electrons. The lowest BCUT2D eigenvalue weighted by atomic mass is 9.87. The van der Waals surface area contributed by atoms with E-state index in [0.717, 1.165) is 24.8 Å². The molecule has 2 aliphatic carbocycles. The van der Waals surface area contributed by atoms with Crippen molar-refractivity contribution in [3.05, 3.63) is 40.9 Å². The first kappa shape index (κ1) is 22.9. The van der Waals surface area contributed by atoms with Crippen molar-refractivity contribution in [1.82, 2.24) is 4.98 Å². The zero-order valence-electron chi connectivity index (χ0n) is 18.3. The largest absolute Gasteiger partial charge is 0.466 e. The third-order valence-electron chi connectivity index (χ3n) is 6.59. The van der Waals surface area contributed by atoms with Crippen molar-refractivity contribution >= 4 is 38.2 Å². The van der Waals surface area contributed by atoms with Crippen LogP contribution >= 0.6 is 11.3 Å². The van der Waals surface area contributed by atoms with Gasteiger partial charge in [0.1, 0.15) is 0 Å². The average Bonchev–Trinajstić information content (AvgIpc) is 3.06. The van der Waals surface area contributed by atoms with E-state index in [4.69, 9.17) is 4.74 Å². The molecule has 7 nitrogen and oxygen atoms in total. The van der Waals surface area contributed by atoms with Crippen LogP contribution in [0.15, 0.2) is 34.5 Å². The second-order valence-electron chi connectivity index (χ2n) is 8.70. The van der Waals surface area contributed by atoms with Crippen molar-refractivity contribution in [1.29, 1.82) is 0 Å². The molecule has 0 bridgehead atoms. The van der Waals surface area contributed by atoms with Crippen LogP contribution in [0.25, 0.3) is 0 Å². The number of carbonyl (C=O) groups excluding carboxylic acids is 2. The van der Waals surface area contributed by atoms with Gasteiger partial charge in [-0.25, -0.2) is 13.4 Å². The van der Waals surface area contributed by atoms with Gasteiger partial charge in [-0.2, -0.15) is 0 Å². The minimum Gasteiger partial charge on any atom is -0.466 e. The summed E-state index contributed by atoms with van der Waals surface area (Å²) in [5.74, 6) is 0.291.